The average Bonchev–Trinajstić information content (AvgIpc) is 2.84. The Morgan fingerprint density at radius 3 is 2.16 bits per heavy atom. The van der Waals surface area contributed by atoms with Gasteiger partial charge in [0, 0.05) is 39.9 Å². The molecule has 0 aliphatic carbocycles. The lowest BCUT2D eigenvalue weighted by molar-refractivity contribution is -0.00461. The Balaban J connectivity index is 2.49. The molecule has 0 aromatic carbocycles. The number of methoxy groups -OCH3 is 2. The molecule has 0 radical (unpaired) electrons. The molecular weight excluding hydrogens is 240 g/mol. The lowest BCUT2D eigenvalue weighted by atomic mass is 9.98. The maximum atomic E-state index is 5.51. The minimum absolute atomic E-state index is 0.216. The SMILES string of the molecule is CCCNC(CN1CC(OC)C(OC)C1)C(C)CC. The molecule has 0 spiro atoms. The molecule has 4 heteroatoms. The fraction of sp³-hybridized carbons (Fsp3) is 1.00. The van der Waals surface area contributed by atoms with Crippen LogP contribution in [0.15, 0.2) is 0 Å². The van der Waals surface area contributed by atoms with Gasteiger partial charge in [-0.3, -0.25) is 4.90 Å². The summed E-state index contributed by atoms with van der Waals surface area (Å²) >= 11 is 0. The predicted octanol–water partition coefficient (Wildman–Crippen LogP) is 1.75. The Labute approximate surface area is 118 Å². The van der Waals surface area contributed by atoms with Crippen LogP contribution in [0, 0.1) is 5.92 Å². The van der Waals surface area contributed by atoms with E-state index < -0.39 is 0 Å². The summed E-state index contributed by atoms with van der Waals surface area (Å²) in [4.78, 5) is 2.47. The van der Waals surface area contributed by atoms with Gasteiger partial charge >= 0.3 is 0 Å². The van der Waals surface area contributed by atoms with Crippen LogP contribution in [0.5, 0.6) is 0 Å². The van der Waals surface area contributed by atoms with E-state index in [2.05, 4.69) is 31.0 Å². The second kappa shape index (κ2) is 8.90. The number of ether oxygens (including phenoxy) is 2. The molecule has 0 amide bonds. The molecule has 1 aliphatic rings. The van der Waals surface area contributed by atoms with Crippen molar-refractivity contribution in [2.75, 3.05) is 40.4 Å². The third-order valence-electron chi connectivity index (χ3n) is 4.34. The first-order valence-corrected chi connectivity index (χ1v) is 7.67. The molecule has 4 unspecified atom stereocenters. The minimum atomic E-state index is 0.216. The summed E-state index contributed by atoms with van der Waals surface area (Å²) in [6, 6.07) is 0.568. The maximum absolute atomic E-state index is 5.51. The van der Waals surface area contributed by atoms with Gasteiger partial charge in [0.15, 0.2) is 0 Å². The fourth-order valence-electron chi connectivity index (χ4n) is 2.76. The highest BCUT2D eigenvalue weighted by molar-refractivity contribution is 4.88. The van der Waals surface area contributed by atoms with Crippen molar-refractivity contribution in [2.45, 2.75) is 51.9 Å². The van der Waals surface area contributed by atoms with E-state index in [1.807, 2.05) is 0 Å². The van der Waals surface area contributed by atoms with Gasteiger partial charge < -0.3 is 14.8 Å². The molecule has 1 aliphatic heterocycles. The topological polar surface area (TPSA) is 33.7 Å². The summed E-state index contributed by atoms with van der Waals surface area (Å²) in [6.07, 6.45) is 2.84. The zero-order valence-electron chi connectivity index (χ0n) is 13.3. The van der Waals surface area contributed by atoms with E-state index in [0.29, 0.717) is 12.0 Å². The molecule has 0 saturated carbocycles. The van der Waals surface area contributed by atoms with Crippen LogP contribution in [0.25, 0.3) is 0 Å². The zero-order valence-corrected chi connectivity index (χ0v) is 13.3. The van der Waals surface area contributed by atoms with E-state index in [1.54, 1.807) is 14.2 Å². The normalized spacial score (nSPS) is 27.6. The molecule has 19 heavy (non-hydrogen) atoms. The molecule has 1 N–H and O–H groups in total. The molecule has 114 valence electrons. The van der Waals surface area contributed by atoms with Gasteiger partial charge in [-0.2, -0.15) is 0 Å². The molecule has 0 bridgehead atoms. The summed E-state index contributed by atoms with van der Waals surface area (Å²) in [5.74, 6) is 0.703. The van der Waals surface area contributed by atoms with Crippen molar-refractivity contribution in [3.8, 4) is 0 Å². The lowest BCUT2D eigenvalue weighted by Crippen LogP contribution is -2.44. The van der Waals surface area contributed by atoms with E-state index >= 15 is 0 Å². The first-order chi connectivity index (χ1) is 9.15. The number of hydrogen-bond acceptors (Lipinski definition) is 4. The summed E-state index contributed by atoms with van der Waals surface area (Å²) in [6.45, 7) is 11.0. The third-order valence-corrected chi connectivity index (χ3v) is 4.34. The summed E-state index contributed by atoms with van der Waals surface area (Å²) < 4.78 is 11.0. The highest BCUT2D eigenvalue weighted by atomic mass is 16.5. The quantitative estimate of drug-likeness (QED) is 0.693. The van der Waals surface area contributed by atoms with Crippen LogP contribution >= 0.6 is 0 Å². The third kappa shape index (κ3) is 5.03. The second-order valence-corrected chi connectivity index (χ2v) is 5.71. The van der Waals surface area contributed by atoms with Crippen LogP contribution in [0.2, 0.25) is 0 Å². The first-order valence-electron chi connectivity index (χ1n) is 7.67. The highest BCUT2D eigenvalue weighted by Crippen LogP contribution is 2.18. The Morgan fingerprint density at radius 2 is 1.74 bits per heavy atom. The van der Waals surface area contributed by atoms with Gasteiger partial charge in [0.2, 0.25) is 0 Å². The molecular formula is C15H32N2O2. The molecule has 0 aromatic rings. The second-order valence-electron chi connectivity index (χ2n) is 5.71. The fourth-order valence-corrected chi connectivity index (χ4v) is 2.76. The largest absolute Gasteiger partial charge is 0.377 e. The lowest BCUT2D eigenvalue weighted by Gasteiger charge is -2.29. The Hall–Kier alpha value is -0.160. The first kappa shape index (κ1) is 16.9. The number of nitrogens with zero attached hydrogens (tertiary/aromatic N) is 1. The van der Waals surface area contributed by atoms with Crippen molar-refractivity contribution < 1.29 is 9.47 Å². The van der Waals surface area contributed by atoms with E-state index in [-0.39, 0.29) is 12.2 Å². The Morgan fingerprint density at radius 1 is 1.16 bits per heavy atom. The molecule has 4 atom stereocenters. The van der Waals surface area contributed by atoms with Crippen LogP contribution in [0.1, 0.15) is 33.6 Å². The molecule has 0 aromatic heterocycles. The predicted molar refractivity (Wildman–Crippen MR) is 79.6 cm³/mol. The van der Waals surface area contributed by atoms with Crippen molar-refractivity contribution in [3.63, 3.8) is 0 Å². The van der Waals surface area contributed by atoms with Gasteiger partial charge in [0.05, 0.1) is 12.2 Å². The number of likely N-dealkylation sites (tertiary alicyclic amines) is 1. The maximum Gasteiger partial charge on any atom is 0.0971 e. The smallest absolute Gasteiger partial charge is 0.0971 e. The average molecular weight is 272 g/mol. The van der Waals surface area contributed by atoms with E-state index in [4.69, 9.17) is 9.47 Å². The van der Waals surface area contributed by atoms with Gasteiger partial charge in [0.25, 0.3) is 0 Å². The molecule has 1 saturated heterocycles. The summed E-state index contributed by atoms with van der Waals surface area (Å²) in [5, 5.41) is 3.69. The van der Waals surface area contributed by atoms with Gasteiger partial charge in [-0.25, -0.2) is 0 Å². The van der Waals surface area contributed by atoms with Crippen molar-refractivity contribution in [3.05, 3.63) is 0 Å². The van der Waals surface area contributed by atoms with Crippen LogP contribution in [0.4, 0.5) is 0 Å². The van der Waals surface area contributed by atoms with E-state index in [1.165, 1.54) is 12.8 Å². The van der Waals surface area contributed by atoms with Crippen LogP contribution < -0.4 is 5.32 Å². The monoisotopic (exact) mass is 272 g/mol. The van der Waals surface area contributed by atoms with Crippen LogP contribution in [0.3, 0.4) is 0 Å². The van der Waals surface area contributed by atoms with Gasteiger partial charge in [-0.05, 0) is 18.9 Å². The van der Waals surface area contributed by atoms with Crippen molar-refractivity contribution in [1.82, 2.24) is 10.2 Å². The van der Waals surface area contributed by atoms with Crippen molar-refractivity contribution in [2.24, 2.45) is 5.92 Å². The number of hydrogen-bond donors (Lipinski definition) is 1. The Bertz CT molecular complexity index is 226. The van der Waals surface area contributed by atoms with Crippen LogP contribution in [-0.4, -0.2) is 63.5 Å². The van der Waals surface area contributed by atoms with Crippen molar-refractivity contribution in [1.29, 1.82) is 0 Å². The molecule has 4 nitrogen and oxygen atoms in total. The zero-order chi connectivity index (χ0) is 14.3. The minimum Gasteiger partial charge on any atom is -0.377 e. The molecule has 1 rings (SSSR count). The van der Waals surface area contributed by atoms with Gasteiger partial charge in [-0.15, -0.1) is 0 Å². The number of rotatable bonds is 9. The standard InChI is InChI=1S/C15H32N2O2/c1-6-8-16-13(12(3)7-2)9-17-10-14(18-4)15(11-17)19-5/h12-16H,6-11H2,1-5H3. The highest BCUT2D eigenvalue weighted by Gasteiger charge is 2.34. The van der Waals surface area contributed by atoms with E-state index in [0.717, 1.165) is 26.2 Å². The number of nitrogens with one attached hydrogen (secondary N) is 1. The van der Waals surface area contributed by atoms with Gasteiger partial charge in [-0.1, -0.05) is 27.2 Å². The van der Waals surface area contributed by atoms with Crippen molar-refractivity contribution >= 4 is 0 Å². The van der Waals surface area contributed by atoms with E-state index in [9.17, 15) is 0 Å². The summed E-state index contributed by atoms with van der Waals surface area (Å²) in [5.41, 5.74) is 0. The Kier molecular flexibility index (Phi) is 7.91. The molecule has 1 fully saturated rings. The molecule has 1 heterocycles. The van der Waals surface area contributed by atoms with Gasteiger partial charge in [0.1, 0.15) is 0 Å². The van der Waals surface area contributed by atoms with Crippen LogP contribution in [-0.2, 0) is 9.47 Å². The summed E-state index contributed by atoms with van der Waals surface area (Å²) in [7, 11) is 3.56.